The van der Waals surface area contributed by atoms with Crippen LogP contribution in [0.4, 0.5) is 5.69 Å². The van der Waals surface area contributed by atoms with E-state index in [2.05, 4.69) is 35.6 Å². The summed E-state index contributed by atoms with van der Waals surface area (Å²) >= 11 is 3.24. The van der Waals surface area contributed by atoms with Gasteiger partial charge in [-0.25, -0.2) is 0 Å². The first-order valence-electron chi connectivity index (χ1n) is 7.30. The predicted octanol–water partition coefficient (Wildman–Crippen LogP) is 5.29. The number of nitrogens with one attached hydrogen (secondary N) is 1. The number of amides is 1. The number of thioether (sulfide) groups is 2. The third-order valence-electron chi connectivity index (χ3n) is 3.46. The van der Waals surface area contributed by atoms with E-state index in [-0.39, 0.29) is 5.91 Å². The Morgan fingerprint density at radius 3 is 2.35 bits per heavy atom. The summed E-state index contributed by atoms with van der Waals surface area (Å²) in [6.07, 6.45) is 2.04. The molecule has 4 heteroatoms. The highest BCUT2D eigenvalue weighted by atomic mass is 32.2. The molecular formula is C19H17NOS2. The highest BCUT2D eigenvalue weighted by Crippen LogP contribution is 2.24. The summed E-state index contributed by atoms with van der Waals surface area (Å²) in [7, 11) is 0. The highest BCUT2D eigenvalue weighted by molar-refractivity contribution is 8.00. The van der Waals surface area contributed by atoms with Gasteiger partial charge in [0, 0.05) is 15.5 Å². The monoisotopic (exact) mass is 339 g/mol. The van der Waals surface area contributed by atoms with Crippen LogP contribution in [0.2, 0.25) is 0 Å². The average Bonchev–Trinajstić information content (AvgIpc) is 2.60. The molecule has 0 atom stereocenters. The van der Waals surface area contributed by atoms with Crippen molar-refractivity contribution in [3.8, 4) is 0 Å². The Morgan fingerprint density at radius 2 is 1.61 bits per heavy atom. The molecule has 1 N–H and O–H groups in total. The molecule has 0 unspecified atom stereocenters. The molecule has 116 valence electrons. The molecule has 0 fully saturated rings. The number of rotatable bonds is 5. The summed E-state index contributed by atoms with van der Waals surface area (Å²) in [4.78, 5) is 14.4. The standard InChI is InChI=1S/C19H17NOS2/c1-22-17-10-7-16(8-11-17)20-19(21)13-23-18-9-6-14-4-2-3-5-15(14)12-18/h2-12H,13H2,1H3,(H,20,21). The highest BCUT2D eigenvalue weighted by Gasteiger charge is 2.04. The normalized spacial score (nSPS) is 10.7. The first-order valence-corrected chi connectivity index (χ1v) is 9.51. The van der Waals surface area contributed by atoms with Crippen LogP contribution in [-0.2, 0) is 4.79 Å². The van der Waals surface area contributed by atoms with Crippen LogP contribution in [0.5, 0.6) is 0 Å². The van der Waals surface area contributed by atoms with Gasteiger partial charge < -0.3 is 5.32 Å². The van der Waals surface area contributed by atoms with Crippen molar-refractivity contribution in [2.24, 2.45) is 0 Å². The van der Waals surface area contributed by atoms with Gasteiger partial charge in [-0.1, -0.05) is 30.3 Å². The molecule has 3 aromatic rings. The summed E-state index contributed by atoms with van der Waals surface area (Å²) in [5, 5.41) is 5.35. The van der Waals surface area contributed by atoms with E-state index in [9.17, 15) is 4.79 Å². The predicted molar refractivity (Wildman–Crippen MR) is 102 cm³/mol. The van der Waals surface area contributed by atoms with E-state index in [4.69, 9.17) is 0 Å². The van der Waals surface area contributed by atoms with Crippen LogP contribution in [0.15, 0.2) is 76.5 Å². The fraction of sp³-hybridized carbons (Fsp3) is 0.105. The Morgan fingerprint density at radius 1 is 0.913 bits per heavy atom. The average molecular weight is 339 g/mol. The largest absolute Gasteiger partial charge is 0.325 e. The molecule has 0 heterocycles. The third kappa shape index (κ3) is 4.30. The molecule has 0 radical (unpaired) electrons. The fourth-order valence-electron chi connectivity index (χ4n) is 2.28. The van der Waals surface area contributed by atoms with Crippen molar-refractivity contribution in [3.05, 3.63) is 66.7 Å². The van der Waals surface area contributed by atoms with Crippen molar-refractivity contribution in [1.82, 2.24) is 0 Å². The third-order valence-corrected chi connectivity index (χ3v) is 5.20. The molecule has 2 nitrogen and oxygen atoms in total. The zero-order chi connectivity index (χ0) is 16.1. The van der Waals surface area contributed by atoms with E-state index in [0.717, 1.165) is 10.6 Å². The fourth-order valence-corrected chi connectivity index (χ4v) is 3.43. The number of anilines is 1. The Bertz CT molecular complexity index is 815. The minimum Gasteiger partial charge on any atom is -0.325 e. The number of hydrogen-bond donors (Lipinski definition) is 1. The summed E-state index contributed by atoms with van der Waals surface area (Å²) in [6.45, 7) is 0. The smallest absolute Gasteiger partial charge is 0.234 e. The van der Waals surface area contributed by atoms with Crippen molar-refractivity contribution >= 4 is 45.9 Å². The van der Waals surface area contributed by atoms with Gasteiger partial charge in [-0.15, -0.1) is 23.5 Å². The summed E-state index contributed by atoms with van der Waals surface area (Å²) in [6, 6.07) is 22.4. The van der Waals surface area contributed by atoms with Crippen molar-refractivity contribution in [2.75, 3.05) is 17.3 Å². The van der Waals surface area contributed by atoms with Gasteiger partial charge in [-0.2, -0.15) is 0 Å². The maximum atomic E-state index is 12.1. The molecule has 3 aromatic carbocycles. The van der Waals surface area contributed by atoms with E-state index in [1.807, 2.05) is 42.7 Å². The van der Waals surface area contributed by atoms with Crippen LogP contribution in [0, 0.1) is 0 Å². The Balaban J connectivity index is 1.58. The van der Waals surface area contributed by atoms with Crippen molar-refractivity contribution in [3.63, 3.8) is 0 Å². The molecule has 0 saturated carbocycles. The molecule has 0 aliphatic heterocycles. The zero-order valence-corrected chi connectivity index (χ0v) is 14.4. The maximum absolute atomic E-state index is 12.1. The van der Waals surface area contributed by atoms with Gasteiger partial charge in [-0.05, 0) is 53.4 Å². The zero-order valence-electron chi connectivity index (χ0n) is 12.8. The Kier molecular flexibility index (Phi) is 5.26. The second kappa shape index (κ2) is 7.57. The summed E-state index contributed by atoms with van der Waals surface area (Å²) in [5.41, 5.74) is 0.840. The van der Waals surface area contributed by atoms with Gasteiger partial charge in [0.05, 0.1) is 5.75 Å². The van der Waals surface area contributed by atoms with E-state index >= 15 is 0 Å². The molecule has 3 rings (SSSR count). The Labute approximate surface area is 144 Å². The van der Waals surface area contributed by atoms with Gasteiger partial charge >= 0.3 is 0 Å². The molecule has 23 heavy (non-hydrogen) atoms. The summed E-state index contributed by atoms with van der Waals surface area (Å²) in [5.74, 6) is 0.419. The number of carbonyl (C=O) groups is 1. The van der Waals surface area contributed by atoms with Crippen LogP contribution in [0.25, 0.3) is 10.8 Å². The second-order valence-electron chi connectivity index (χ2n) is 5.07. The second-order valence-corrected chi connectivity index (χ2v) is 7.00. The lowest BCUT2D eigenvalue weighted by atomic mass is 10.1. The molecule has 0 aliphatic carbocycles. The SMILES string of the molecule is CSc1ccc(NC(=O)CSc2ccc3ccccc3c2)cc1. The topological polar surface area (TPSA) is 29.1 Å². The molecule has 0 bridgehead atoms. The van der Waals surface area contributed by atoms with Crippen LogP contribution >= 0.6 is 23.5 Å². The minimum atomic E-state index is 0.0139. The summed E-state index contributed by atoms with van der Waals surface area (Å²) < 4.78 is 0. The van der Waals surface area contributed by atoms with Gasteiger partial charge in [0.25, 0.3) is 0 Å². The first kappa shape index (κ1) is 16.0. The Hall–Kier alpha value is -1.91. The number of hydrogen-bond acceptors (Lipinski definition) is 3. The lowest BCUT2D eigenvalue weighted by Gasteiger charge is -2.06. The number of fused-ring (bicyclic) bond motifs is 1. The van der Waals surface area contributed by atoms with Crippen molar-refractivity contribution in [2.45, 2.75) is 9.79 Å². The number of carbonyl (C=O) groups excluding carboxylic acids is 1. The quantitative estimate of drug-likeness (QED) is 0.640. The van der Waals surface area contributed by atoms with Crippen LogP contribution < -0.4 is 5.32 Å². The van der Waals surface area contributed by atoms with Crippen LogP contribution in [0.1, 0.15) is 0 Å². The van der Waals surface area contributed by atoms with Gasteiger partial charge in [-0.3, -0.25) is 4.79 Å². The maximum Gasteiger partial charge on any atom is 0.234 e. The van der Waals surface area contributed by atoms with Gasteiger partial charge in [0.1, 0.15) is 0 Å². The van der Waals surface area contributed by atoms with E-state index < -0.39 is 0 Å². The van der Waals surface area contributed by atoms with Crippen LogP contribution in [-0.4, -0.2) is 17.9 Å². The number of benzene rings is 3. The van der Waals surface area contributed by atoms with E-state index in [0.29, 0.717) is 5.75 Å². The lowest BCUT2D eigenvalue weighted by molar-refractivity contribution is -0.113. The van der Waals surface area contributed by atoms with Gasteiger partial charge in [0.15, 0.2) is 0 Å². The molecular weight excluding hydrogens is 322 g/mol. The first-order chi connectivity index (χ1) is 11.2. The molecule has 0 aliphatic rings. The lowest BCUT2D eigenvalue weighted by Crippen LogP contribution is -2.13. The molecule has 0 saturated heterocycles. The molecule has 1 amide bonds. The molecule has 0 aromatic heterocycles. The van der Waals surface area contributed by atoms with Crippen LogP contribution in [0.3, 0.4) is 0 Å². The van der Waals surface area contributed by atoms with E-state index in [1.54, 1.807) is 23.5 Å². The van der Waals surface area contributed by atoms with E-state index in [1.165, 1.54) is 15.7 Å². The molecule has 0 spiro atoms. The van der Waals surface area contributed by atoms with Crippen molar-refractivity contribution in [1.29, 1.82) is 0 Å². The van der Waals surface area contributed by atoms with Gasteiger partial charge in [0.2, 0.25) is 5.91 Å². The minimum absolute atomic E-state index is 0.0139. The van der Waals surface area contributed by atoms with Crippen molar-refractivity contribution < 1.29 is 4.79 Å².